The topological polar surface area (TPSA) is 90.9 Å². The van der Waals surface area contributed by atoms with Crippen LogP contribution >= 0.6 is 0 Å². The summed E-state index contributed by atoms with van der Waals surface area (Å²) in [6, 6.07) is 1.62. The fourth-order valence-electron chi connectivity index (χ4n) is 1.68. The van der Waals surface area contributed by atoms with E-state index in [1.54, 1.807) is 19.4 Å². The van der Waals surface area contributed by atoms with E-state index in [4.69, 9.17) is 10.6 Å². The Hall–Kier alpha value is -1.99. The lowest BCUT2D eigenvalue weighted by atomic mass is 10.1. The molecule has 0 bridgehead atoms. The van der Waals surface area contributed by atoms with Crippen LogP contribution < -0.4 is 16.0 Å². The van der Waals surface area contributed by atoms with Gasteiger partial charge in [-0.25, -0.2) is 15.0 Å². The van der Waals surface area contributed by atoms with Gasteiger partial charge in [0.1, 0.15) is 12.2 Å². The van der Waals surface area contributed by atoms with Crippen LogP contribution in [0.2, 0.25) is 0 Å². The maximum Gasteiger partial charge on any atom is 0.216 e. The summed E-state index contributed by atoms with van der Waals surface area (Å²) in [4.78, 5) is 12.4. The summed E-state index contributed by atoms with van der Waals surface area (Å²) in [5.74, 6) is 7.02. The number of methoxy groups -OCH3 is 1. The Balaban J connectivity index is 2.20. The van der Waals surface area contributed by atoms with Gasteiger partial charge >= 0.3 is 0 Å². The minimum Gasteiger partial charge on any atom is -0.481 e. The minimum absolute atomic E-state index is 0.136. The van der Waals surface area contributed by atoms with E-state index in [-0.39, 0.29) is 6.04 Å². The van der Waals surface area contributed by atoms with Crippen LogP contribution in [0, 0.1) is 0 Å². The Morgan fingerprint density at radius 3 is 2.89 bits per heavy atom. The first-order valence-electron chi connectivity index (χ1n) is 5.53. The lowest BCUT2D eigenvalue weighted by molar-refractivity contribution is 0.393. The third-order valence-electron chi connectivity index (χ3n) is 2.74. The summed E-state index contributed by atoms with van der Waals surface area (Å²) in [6.07, 6.45) is 5.74. The summed E-state index contributed by atoms with van der Waals surface area (Å²) < 4.78 is 7.02. The second-order valence-corrected chi connectivity index (χ2v) is 3.86. The van der Waals surface area contributed by atoms with Crippen molar-refractivity contribution in [1.29, 1.82) is 0 Å². The Morgan fingerprint density at radius 2 is 2.28 bits per heavy atom. The zero-order chi connectivity index (χ0) is 13.0. The summed E-state index contributed by atoms with van der Waals surface area (Å²) in [5.41, 5.74) is 3.51. The van der Waals surface area contributed by atoms with Gasteiger partial charge < -0.3 is 9.30 Å². The molecule has 2 aromatic heterocycles. The summed E-state index contributed by atoms with van der Waals surface area (Å²) in [5, 5.41) is 0. The van der Waals surface area contributed by atoms with Crippen molar-refractivity contribution in [2.75, 3.05) is 7.11 Å². The fourth-order valence-corrected chi connectivity index (χ4v) is 1.68. The van der Waals surface area contributed by atoms with Crippen molar-refractivity contribution in [2.24, 2.45) is 12.9 Å². The number of hydrogen-bond acceptors (Lipinski definition) is 6. The molecular formula is C11H16N6O. The quantitative estimate of drug-likeness (QED) is 0.570. The highest BCUT2D eigenvalue weighted by Gasteiger charge is 2.15. The van der Waals surface area contributed by atoms with Crippen LogP contribution in [0.15, 0.2) is 24.8 Å². The maximum atomic E-state index is 5.57. The number of nitrogens with zero attached hydrogens (tertiary/aromatic N) is 4. The smallest absolute Gasteiger partial charge is 0.216 e. The van der Waals surface area contributed by atoms with E-state index < -0.39 is 0 Å². The fraction of sp³-hybridized carbons (Fsp3) is 0.364. The second-order valence-electron chi connectivity index (χ2n) is 3.86. The Kier molecular flexibility index (Phi) is 3.85. The highest BCUT2D eigenvalue weighted by Crippen LogP contribution is 2.17. The van der Waals surface area contributed by atoms with Gasteiger partial charge in [-0.1, -0.05) is 0 Å². The number of rotatable bonds is 5. The van der Waals surface area contributed by atoms with Crippen LogP contribution in [-0.4, -0.2) is 26.6 Å². The Morgan fingerprint density at radius 1 is 1.44 bits per heavy atom. The van der Waals surface area contributed by atoms with Crippen molar-refractivity contribution in [3.63, 3.8) is 0 Å². The molecule has 2 aromatic rings. The van der Waals surface area contributed by atoms with E-state index in [1.165, 1.54) is 6.33 Å². The molecule has 0 aliphatic carbocycles. The molecule has 96 valence electrons. The van der Waals surface area contributed by atoms with E-state index in [9.17, 15) is 0 Å². The van der Waals surface area contributed by atoms with E-state index in [0.717, 1.165) is 11.5 Å². The molecule has 0 spiro atoms. The Bertz CT molecular complexity index is 512. The number of nitrogens with one attached hydrogen (secondary N) is 1. The zero-order valence-electron chi connectivity index (χ0n) is 10.4. The normalized spacial score (nSPS) is 12.4. The molecule has 18 heavy (non-hydrogen) atoms. The first-order chi connectivity index (χ1) is 8.74. The average Bonchev–Trinajstić information content (AvgIpc) is 2.81. The molecule has 0 fully saturated rings. The number of hydrazine groups is 1. The van der Waals surface area contributed by atoms with E-state index in [0.29, 0.717) is 12.3 Å². The summed E-state index contributed by atoms with van der Waals surface area (Å²) in [6.45, 7) is 0. The molecule has 0 saturated carbocycles. The van der Waals surface area contributed by atoms with Gasteiger partial charge in [0.15, 0.2) is 0 Å². The van der Waals surface area contributed by atoms with Crippen molar-refractivity contribution in [3.8, 4) is 5.88 Å². The number of nitrogens with two attached hydrogens (primary N) is 1. The lowest BCUT2D eigenvalue weighted by Crippen LogP contribution is -2.31. The molecule has 1 unspecified atom stereocenters. The standard InChI is InChI=1S/C11H16N6O/c1-17-4-3-13-10(17)5-9(16-12)8-6-11(18-2)15-7-14-8/h3-4,6-7,9,16H,5,12H2,1-2H3. The maximum absolute atomic E-state index is 5.57. The third-order valence-corrected chi connectivity index (χ3v) is 2.74. The van der Waals surface area contributed by atoms with Crippen LogP contribution in [0.3, 0.4) is 0 Å². The molecule has 2 heterocycles. The molecule has 0 aliphatic rings. The summed E-state index contributed by atoms with van der Waals surface area (Å²) in [7, 11) is 3.51. The molecule has 0 amide bonds. The molecule has 0 saturated heterocycles. The van der Waals surface area contributed by atoms with Gasteiger partial charge in [-0.2, -0.15) is 0 Å². The van der Waals surface area contributed by atoms with Crippen molar-refractivity contribution >= 4 is 0 Å². The van der Waals surface area contributed by atoms with Crippen LogP contribution in [0.4, 0.5) is 0 Å². The number of ether oxygens (including phenoxy) is 1. The van der Waals surface area contributed by atoms with Crippen molar-refractivity contribution in [3.05, 3.63) is 36.3 Å². The van der Waals surface area contributed by atoms with Gasteiger partial charge in [0, 0.05) is 31.9 Å². The molecule has 7 nitrogen and oxygen atoms in total. The largest absolute Gasteiger partial charge is 0.481 e. The van der Waals surface area contributed by atoms with Crippen molar-refractivity contribution < 1.29 is 4.74 Å². The SMILES string of the molecule is COc1cc(C(Cc2nccn2C)NN)ncn1. The summed E-state index contributed by atoms with van der Waals surface area (Å²) >= 11 is 0. The molecule has 3 N–H and O–H groups in total. The number of imidazole rings is 1. The van der Waals surface area contributed by atoms with E-state index in [2.05, 4.69) is 20.4 Å². The first kappa shape index (κ1) is 12.5. The molecule has 2 rings (SSSR count). The van der Waals surface area contributed by atoms with Gasteiger partial charge in [-0.05, 0) is 0 Å². The highest BCUT2D eigenvalue weighted by molar-refractivity contribution is 5.17. The molecular weight excluding hydrogens is 232 g/mol. The predicted molar refractivity (Wildman–Crippen MR) is 65.6 cm³/mol. The third kappa shape index (κ3) is 2.63. The number of hydrogen-bond donors (Lipinski definition) is 2. The molecule has 7 heteroatoms. The molecule has 0 aliphatic heterocycles. The van der Waals surface area contributed by atoms with Crippen LogP contribution in [0.5, 0.6) is 5.88 Å². The van der Waals surface area contributed by atoms with Gasteiger partial charge in [0.25, 0.3) is 0 Å². The second kappa shape index (κ2) is 5.56. The van der Waals surface area contributed by atoms with Gasteiger partial charge in [0.05, 0.1) is 18.8 Å². The average molecular weight is 248 g/mol. The minimum atomic E-state index is -0.136. The first-order valence-corrected chi connectivity index (χ1v) is 5.53. The molecule has 0 aromatic carbocycles. The van der Waals surface area contributed by atoms with Gasteiger partial charge in [-0.3, -0.25) is 11.3 Å². The number of aromatic nitrogens is 4. The lowest BCUT2D eigenvalue weighted by Gasteiger charge is -2.15. The highest BCUT2D eigenvalue weighted by atomic mass is 16.5. The molecule has 0 radical (unpaired) electrons. The molecule has 1 atom stereocenters. The van der Waals surface area contributed by atoms with Crippen LogP contribution in [-0.2, 0) is 13.5 Å². The zero-order valence-corrected chi connectivity index (χ0v) is 10.4. The van der Waals surface area contributed by atoms with Crippen LogP contribution in [0.25, 0.3) is 0 Å². The van der Waals surface area contributed by atoms with E-state index >= 15 is 0 Å². The number of aryl methyl sites for hydroxylation is 1. The van der Waals surface area contributed by atoms with Gasteiger partial charge in [0.2, 0.25) is 5.88 Å². The predicted octanol–water partition coefficient (Wildman–Crippen LogP) is -0.0342. The van der Waals surface area contributed by atoms with Gasteiger partial charge in [-0.15, -0.1) is 0 Å². The van der Waals surface area contributed by atoms with Crippen molar-refractivity contribution in [1.82, 2.24) is 24.9 Å². The van der Waals surface area contributed by atoms with Crippen molar-refractivity contribution in [2.45, 2.75) is 12.5 Å². The van der Waals surface area contributed by atoms with E-state index in [1.807, 2.05) is 17.8 Å². The van der Waals surface area contributed by atoms with Crippen LogP contribution in [0.1, 0.15) is 17.6 Å². The monoisotopic (exact) mass is 248 g/mol. The Labute approximate surface area is 105 Å².